The number of amides is 3. The molecule has 3 N–H and O–H groups in total. The van der Waals surface area contributed by atoms with Crippen LogP contribution in [0.1, 0.15) is 53.0 Å². The number of aryl methyl sites for hydroxylation is 2. The molecule has 0 fully saturated rings. The maximum atomic E-state index is 12.4. The normalized spacial score (nSPS) is 18.8. The first kappa shape index (κ1) is 18.6. The lowest BCUT2D eigenvalue weighted by Crippen LogP contribution is -2.41. The lowest BCUT2D eigenvalue weighted by molar-refractivity contribution is -0.118. The van der Waals surface area contributed by atoms with Gasteiger partial charge < -0.3 is 16.0 Å². The van der Waals surface area contributed by atoms with E-state index in [1.807, 2.05) is 0 Å². The van der Waals surface area contributed by atoms with E-state index >= 15 is 0 Å². The lowest BCUT2D eigenvalue weighted by atomic mass is 10.1. The van der Waals surface area contributed by atoms with E-state index in [1.54, 1.807) is 35.6 Å². The first-order valence-electron chi connectivity index (χ1n) is 9.59. The van der Waals surface area contributed by atoms with Gasteiger partial charge in [0.2, 0.25) is 11.8 Å². The van der Waals surface area contributed by atoms with Crippen molar-refractivity contribution in [2.75, 3.05) is 10.6 Å². The van der Waals surface area contributed by atoms with Crippen LogP contribution in [0.3, 0.4) is 0 Å². The standard InChI is InChI=1S/C20H22N4O3S/c25-17(24-20-23-14-8-2-1-3-9-16(14)28-20)11-10-15-19(27)21-13-7-5-4-6-12(13)18(26)22-15/h4-7,15H,1-3,8-11H2,(H,21,27)(H,22,26)(H,23,24,25). The van der Waals surface area contributed by atoms with Crippen LogP contribution in [0, 0.1) is 0 Å². The highest BCUT2D eigenvalue weighted by Crippen LogP contribution is 2.29. The van der Waals surface area contributed by atoms with Crippen LogP contribution in [0.15, 0.2) is 24.3 Å². The number of benzene rings is 1. The smallest absolute Gasteiger partial charge is 0.254 e. The third kappa shape index (κ3) is 4.06. The summed E-state index contributed by atoms with van der Waals surface area (Å²) >= 11 is 1.54. The average molecular weight is 398 g/mol. The second kappa shape index (κ2) is 8.10. The summed E-state index contributed by atoms with van der Waals surface area (Å²) in [5, 5.41) is 8.92. The van der Waals surface area contributed by atoms with Gasteiger partial charge in [0.15, 0.2) is 5.13 Å². The van der Waals surface area contributed by atoms with Crippen LogP contribution in [0.4, 0.5) is 10.8 Å². The van der Waals surface area contributed by atoms with E-state index in [-0.39, 0.29) is 30.6 Å². The molecule has 1 unspecified atom stereocenters. The van der Waals surface area contributed by atoms with Gasteiger partial charge in [-0.1, -0.05) is 18.6 Å². The van der Waals surface area contributed by atoms with Crippen molar-refractivity contribution < 1.29 is 14.4 Å². The number of para-hydroxylation sites is 1. The second-order valence-electron chi connectivity index (χ2n) is 7.10. The number of hydrogen-bond donors (Lipinski definition) is 3. The van der Waals surface area contributed by atoms with Gasteiger partial charge in [-0.15, -0.1) is 11.3 Å². The third-order valence-corrected chi connectivity index (χ3v) is 6.13. The molecule has 2 aliphatic rings. The van der Waals surface area contributed by atoms with Crippen molar-refractivity contribution in [1.29, 1.82) is 0 Å². The number of anilines is 2. The molecule has 0 bridgehead atoms. The molecule has 0 saturated heterocycles. The van der Waals surface area contributed by atoms with E-state index < -0.39 is 6.04 Å². The Hall–Kier alpha value is -2.74. The van der Waals surface area contributed by atoms with Crippen molar-refractivity contribution in [3.63, 3.8) is 0 Å². The average Bonchev–Trinajstić information content (AvgIpc) is 2.84. The summed E-state index contributed by atoms with van der Waals surface area (Å²) in [6, 6.07) is 6.10. The molecule has 1 aliphatic heterocycles. The maximum Gasteiger partial charge on any atom is 0.254 e. The Morgan fingerprint density at radius 2 is 2.00 bits per heavy atom. The fraction of sp³-hybridized carbons (Fsp3) is 0.400. The van der Waals surface area contributed by atoms with Crippen LogP contribution in [-0.2, 0) is 22.4 Å². The number of nitrogens with zero attached hydrogens (tertiary/aromatic N) is 1. The van der Waals surface area contributed by atoms with Crippen LogP contribution in [0.5, 0.6) is 0 Å². The van der Waals surface area contributed by atoms with Gasteiger partial charge in [-0.05, 0) is 44.2 Å². The van der Waals surface area contributed by atoms with Crippen LogP contribution >= 0.6 is 11.3 Å². The van der Waals surface area contributed by atoms with Crippen molar-refractivity contribution in [3.05, 3.63) is 40.4 Å². The van der Waals surface area contributed by atoms with Crippen LogP contribution in [0.25, 0.3) is 0 Å². The molecule has 1 aromatic carbocycles. The van der Waals surface area contributed by atoms with Gasteiger partial charge in [-0.2, -0.15) is 0 Å². The number of fused-ring (bicyclic) bond motifs is 2. The minimum absolute atomic E-state index is 0.124. The van der Waals surface area contributed by atoms with Crippen molar-refractivity contribution in [1.82, 2.24) is 10.3 Å². The molecule has 4 rings (SSSR count). The van der Waals surface area contributed by atoms with Crippen molar-refractivity contribution in [2.24, 2.45) is 0 Å². The zero-order valence-corrected chi connectivity index (χ0v) is 16.2. The Labute approximate surface area is 166 Å². The summed E-state index contributed by atoms with van der Waals surface area (Å²) in [5.74, 6) is -0.831. The summed E-state index contributed by atoms with van der Waals surface area (Å²) < 4.78 is 0. The first-order chi connectivity index (χ1) is 13.6. The molecule has 2 aromatic rings. The molecule has 7 nitrogen and oxygen atoms in total. The molecule has 8 heteroatoms. The molecular formula is C20H22N4O3S. The summed E-state index contributed by atoms with van der Waals surface area (Å²) in [5.41, 5.74) is 2.01. The number of thiazole rings is 1. The molecule has 2 heterocycles. The summed E-state index contributed by atoms with van der Waals surface area (Å²) in [6.45, 7) is 0. The zero-order valence-electron chi connectivity index (χ0n) is 15.4. The Kier molecular flexibility index (Phi) is 5.38. The predicted molar refractivity (Wildman–Crippen MR) is 108 cm³/mol. The molecule has 0 radical (unpaired) electrons. The fourth-order valence-electron chi connectivity index (χ4n) is 3.55. The lowest BCUT2D eigenvalue weighted by Gasteiger charge is -2.13. The second-order valence-corrected chi connectivity index (χ2v) is 8.18. The van der Waals surface area contributed by atoms with Gasteiger partial charge in [0.1, 0.15) is 6.04 Å². The molecule has 1 atom stereocenters. The predicted octanol–water partition coefficient (Wildman–Crippen LogP) is 2.88. The topological polar surface area (TPSA) is 100 Å². The number of carbonyl (C=O) groups excluding carboxylic acids is 3. The van der Waals surface area contributed by atoms with E-state index in [9.17, 15) is 14.4 Å². The van der Waals surface area contributed by atoms with E-state index in [2.05, 4.69) is 20.9 Å². The summed E-state index contributed by atoms with van der Waals surface area (Å²) in [4.78, 5) is 42.9. The number of nitrogens with one attached hydrogen (secondary N) is 3. The SMILES string of the molecule is O=C(CCC1NC(=O)c2ccccc2NC1=O)Nc1nc2c(s1)CCCCC2. The van der Waals surface area contributed by atoms with Crippen molar-refractivity contribution in [3.8, 4) is 0 Å². The summed E-state index contributed by atoms with van der Waals surface area (Å²) in [7, 11) is 0. The Balaban J connectivity index is 1.35. The molecule has 0 saturated carbocycles. The molecule has 1 aromatic heterocycles. The van der Waals surface area contributed by atoms with Gasteiger partial charge in [-0.3, -0.25) is 14.4 Å². The number of rotatable bonds is 4. The molecule has 3 amide bonds. The first-order valence-corrected chi connectivity index (χ1v) is 10.4. The Bertz CT molecular complexity index is 900. The van der Waals surface area contributed by atoms with Gasteiger partial charge in [0.05, 0.1) is 16.9 Å². The molecule has 0 spiro atoms. The summed E-state index contributed by atoms with van der Waals surface area (Å²) in [6.07, 6.45) is 5.88. The zero-order chi connectivity index (χ0) is 19.5. The monoisotopic (exact) mass is 398 g/mol. The van der Waals surface area contributed by atoms with Crippen molar-refractivity contribution in [2.45, 2.75) is 51.0 Å². The maximum absolute atomic E-state index is 12.4. The third-order valence-electron chi connectivity index (χ3n) is 5.05. The highest BCUT2D eigenvalue weighted by Gasteiger charge is 2.28. The highest BCUT2D eigenvalue weighted by molar-refractivity contribution is 7.15. The van der Waals surface area contributed by atoms with Gasteiger partial charge >= 0.3 is 0 Å². The molecule has 28 heavy (non-hydrogen) atoms. The molecule has 146 valence electrons. The van der Waals surface area contributed by atoms with E-state index in [1.165, 1.54) is 17.7 Å². The van der Waals surface area contributed by atoms with Crippen LogP contribution in [0.2, 0.25) is 0 Å². The molecular weight excluding hydrogens is 376 g/mol. The quantitative estimate of drug-likeness (QED) is 0.690. The number of hydrogen-bond acceptors (Lipinski definition) is 5. The van der Waals surface area contributed by atoms with E-state index in [4.69, 9.17) is 0 Å². The van der Waals surface area contributed by atoms with E-state index in [0.29, 0.717) is 16.4 Å². The highest BCUT2D eigenvalue weighted by atomic mass is 32.1. The molecule has 1 aliphatic carbocycles. The Morgan fingerprint density at radius 3 is 2.89 bits per heavy atom. The van der Waals surface area contributed by atoms with Gasteiger partial charge in [0, 0.05) is 11.3 Å². The minimum atomic E-state index is -0.751. The van der Waals surface area contributed by atoms with Crippen LogP contribution in [-0.4, -0.2) is 28.7 Å². The number of aromatic nitrogens is 1. The van der Waals surface area contributed by atoms with Gasteiger partial charge in [0.25, 0.3) is 5.91 Å². The van der Waals surface area contributed by atoms with E-state index in [0.717, 1.165) is 25.0 Å². The number of carbonyl (C=O) groups is 3. The van der Waals surface area contributed by atoms with Gasteiger partial charge in [-0.25, -0.2) is 4.98 Å². The van der Waals surface area contributed by atoms with Crippen molar-refractivity contribution >= 4 is 39.9 Å². The fourth-order valence-corrected chi connectivity index (χ4v) is 4.62. The van der Waals surface area contributed by atoms with Crippen LogP contribution < -0.4 is 16.0 Å². The largest absolute Gasteiger partial charge is 0.340 e. The minimum Gasteiger partial charge on any atom is -0.340 e. The Morgan fingerprint density at radius 1 is 1.18 bits per heavy atom.